The molecule has 106 valence electrons. The number of aryl methyl sites for hydroxylation is 1. The Bertz CT molecular complexity index is 404. The number of nitrogens with zero attached hydrogens (tertiary/aromatic N) is 1. The maximum atomic E-state index is 12.2. The lowest BCUT2D eigenvalue weighted by Crippen LogP contribution is -2.41. The van der Waals surface area contributed by atoms with Gasteiger partial charge in [-0.15, -0.1) is 0 Å². The van der Waals surface area contributed by atoms with Gasteiger partial charge in [-0.1, -0.05) is 38.1 Å². The van der Waals surface area contributed by atoms with E-state index >= 15 is 0 Å². The number of Topliss-reactive ketones (excluding diaryl/α,β-unsaturated/α-hetero) is 1. The summed E-state index contributed by atoms with van der Waals surface area (Å²) in [5.41, 5.74) is 1.20. The van der Waals surface area contributed by atoms with Crippen LogP contribution in [0.15, 0.2) is 24.3 Å². The standard InChI is InChI=1S/C16H25NO2/c1-5-13-7-9-14(10-8-13)15(18)11-17(6-2)12-16(3,4)19/h7-10,19H,5-6,11-12H2,1-4H3. The van der Waals surface area contributed by atoms with Crippen molar-refractivity contribution >= 4 is 5.78 Å². The number of carbonyl (C=O) groups is 1. The third-order valence-corrected chi connectivity index (χ3v) is 3.11. The summed E-state index contributed by atoms with van der Waals surface area (Å²) in [7, 11) is 0. The van der Waals surface area contributed by atoms with E-state index in [4.69, 9.17) is 0 Å². The highest BCUT2D eigenvalue weighted by Gasteiger charge is 2.19. The molecule has 0 unspecified atom stereocenters. The van der Waals surface area contributed by atoms with Crippen LogP contribution in [0, 0.1) is 0 Å². The van der Waals surface area contributed by atoms with Crippen molar-refractivity contribution in [2.45, 2.75) is 39.7 Å². The Balaban J connectivity index is 2.66. The molecular weight excluding hydrogens is 238 g/mol. The lowest BCUT2D eigenvalue weighted by atomic mass is 10.1. The predicted octanol–water partition coefficient (Wildman–Crippen LogP) is 2.52. The second kappa shape index (κ2) is 6.83. The fourth-order valence-electron chi connectivity index (χ4n) is 2.05. The molecule has 0 aliphatic rings. The van der Waals surface area contributed by atoms with Gasteiger partial charge in [0.15, 0.2) is 5.78 Å². The number of likely N-dealkylation sites (N-methyl/N-ethyl adjacent to an activating group) is 1. The normalized spacial score (nSPS) is 11.9. The van der Waals surface area contributed by atoms with Gasteiger partial charge in [0.25, 0.3) is 0 Å². The van der Waals surface area contributed by atoms with Gasteiger partial charge >= 0.3 is 0 Å². The van der Waals surface area contributed by atoms with Gasteiger partial charge in [-0.05, 0) is 32.4 Å². The van der Waals surface area contributed by atoms with Crippen LogP contribution in [0.4, 0.5) is 0 Å². The number of carbonyl (C=O) groups excluding carboxylic acids is 1. The third-order valence-electron chi connectivity index (χ3n) is 3.11. The van der Waals surface area contributed by atoms with Gasteiger partial charge < -0.3 is 5.11 Å². The molecule has 1 aromatic carbocycles. The van der Waals surface area contributed by atoms with Crippen molar-refractivity contribution in [3.63, 3.8) is 0 Å². The van der Waals surface area contributed by atoms with Crippen LogP contribution in [0.2, 0.25) is 0 Å². The molecule has 0 fully saturated rings. The Morgan fingerprint density at radius 1 is 1.21 bits per heavy atom. The second-order valence-electron chi connectivity index (χ2n) is 5.59. The average molecular weight is 263 g/mol. The zero-order chi connectivity index (χ0) is 14.5. The van der Waals surface area contributed by atoms with Gasteiger partial charge in [0.05, 0.1) is 12.1 Å². The fraction of sp³-hybridized carbons (Fsp3) is 0.562. The van der Waals surface area contributed by atoms with Crippen LogP contribution in [-0.4, -0.2) is 41.0 Å². The maximum absolute atomic E-state index is 12.2. The van der Waals surface area contributed by atoms with E-state index in [0.717, 1.165) is 18.5 Å². The molecule has 3 heteroatoms. The molecule has 3 nitrogen and oxygen atoms in total. The fourth-order valence-corrected chi connectivity index (χ4v) is 2.05. The highest BCUT2D eigenvalue weighted by molar-refractivity contribution is 5.97. The van der Waals surface area contributed by atoms with Crippen LogP contribution in [-0.2, 0) is 6.42 Å². The molecule has 0 bridgehead atoms. The zero-order valence-electron chi connectivity index (χ0n) is 12.4. The Kier molecular flexibility index (Phi) is 5.70. The first-order chi connectivity index (χ1) is 8.85. The number of aliphatic hydroxyl groups is 1. The van der Waals surface area contributed by atoms with Crippen molar-refractivity contribution in [1.29, 1.82) is 0 Å². The Hall–Kier alpha value is -1.19. The summed E-state index contributed by atoms with van der Waals surface area (Å²) in [4.78, 5) is 14.1. The molecule has 0 amide bonds. The lowest BCUT2D eigenvalue weighted by molar-refractivity contribution is 0.0376. The monoisotopic (exact) mass is 263 g/mol. The van der Waals surface area contributed by atoms with Crippen molar-refractivity contribution < 1.29 is 9.90 Å². The van der Waals surface area contributed by atoms with E-state index in [1.165, 1.54) is 5.56 Å². The minimum atomic E-state index is -0.775. The molecule has 0 heterocycles. The summed E-state index contributed by atoms with van der Waals surface area (Å²) in [5, 5.41) is 9.82. The summed E-state index contributed by atoms with van der Waals surface area (Å²) in [6.45, 7) is 9.22. The van der Waals surface area contributed by atoms with E-state index in [-0.39, 0.29) is 5.78 Å². The van der Waals surface area contributed by atoms with Gasteiger partial charge in [0.2, 0.25) is 0 Å². The van der Waals surface area contributed by atoms with Crippen LogP contribution in [0.3, 0.4) is 0 Å². The summed E-state index contributed by atoms with van der Waals surface area (Å²) >= 11 is 0. The van der Waals surface area contributed by atoms with E-state index in [1.54, 1.807) is 13.8 Å². The van der Waals surface area contributed by atoms with Crippen molar-refractivity contribution in [1.82, 2.24) is 4.90 Å². The van der Waals surface area contributed by atoms with Crippen LogP contribution in [0.1, 0.15) is 43.6 Å². The Morgan fingerprint density at radius 3 is 2.21 bits per heavy atom. The molecule has 1 rings (SSSR count). The van der Waals surface area contributed by atoms with E-state index in [9.17, 15) is 9.90 Å². The lowest BCUT2D eigenvalue weighted by Gasteiger charge is -2.27. The first kappa shape index (κ1) is 15.9. The number of hydrogen-bond acceptors (Lipinski definition) is 3. The van der Waals surface area contributed by atoms with E-state index < -0.39 is 5.60 Å². The Morgan fingerprint density at radius 2 is 1.79 bits per heavy atom. The molecule has 0 atom stereocenters. The zero-order valence-corrected chi connectivity index (χ0v) is 12.4. The number of hydrogen-bond donors (Lipinski definition) is 1. The van der Waals surface area contributed by atoms with E-state index in [0.29, 0.717) is 13.1 Å². The SMILES string of the molecule is CCc1ccc(C(=O)CN(CC)CC(C)(C)O)cc1. The maximum Gasteiger partial charge on any atom is 0.176 e. The van der Waals surface area contributed by atoms with Gasteiger partial charge in [0.1, 0.15) is 0 Å². The minimum absolute atomic E-state index is 0.105. The van der Waals surface area contributed by atoms with Crippen molar-refractivity contribution in [3.8, 4) is 0 Å². The van der Waals surface area contributed by atoms with Crippen LogP contribution < -0.4 is 0 Å². The number of ketones is 1. The van der Waals surface area contributed by atoms with Crippen molar-refractivity contribution in [2.75, 3.05) is 19.6 Å². The molecule has 1 N–H and O–H groups in total. The minimum Gasteiger partial charge on any atom is -0.389 e. The van der Waals surface area contributed by atoms with Gasteiger partial charge in [0, 0.05) is 12.1 Å². The first-order valence-electron chi connectivity index (χ1n) is 6.92. The summed E-state index contributed by atoms with van der Waals surface area (Å²) in [5.74, 6) is 0.105. The Labute approximate surface area is 116 Å². The highest BCUT2D eigenvalue weighted by Crippen LogP contribution is 2.09. The summed E-state index contributed by atoms with van der Waals surface area (Å²) < 4.78 is 0. The highest BCUT2D eigenvalue weighted by atomic mass is 16.3. The quantitative estimate of drug-likeness (QED) is 0.769. The first-order valence-corrected chi connectivity index (χ1v) is 6.92. The smallest absolute Gasteiger partial charge is 0.176 e. The molecule has 0 saturated heterocycles. The second-order valence-corrected chi connectivity index (χ2v) is 5.59. The molecule has 0 saturated carbocycles. The van der Waals surface area contributed by atoms with Gasteiger partial charge in [-0.2, -0.15) is 0 Å². The topological polar surface area (TPSA) is 40.5 Å². The third kappa shape index (κ3) is 5.53. The molecule has 1 aromatic rings. The van der Waals surface area contributed by atoms with E-state index in [1.807, 2.05) is 36.1 Å². The molecule has 0 aliphatic heterocycles. The number of rotatable bonds is 7. The molecule has 19 heavy (non-hydrogen) atoms. The molecule has 0 aromatic heterocycles. The number of benzene rings is 1. The van der Waals surface area contributed by atoms with Crippen molar-refractivity contribution in [3.05, 3.63) is 35.4 Å². The summed E-state index contributed by atoms with van der Waals surface area (Å²) in [6, 6.07) is 7.77. The largest absolute Gasteiger partial charge is 0.389 e. The van der Waals surface area contributed by atoms with Crippen LogP contribution in [0.25, 0.3) is 0 Å². The van der Waals surface area contributed by atoms with E-state index in [2.05, 4.69) is 6.92 Å². The molecule has 0 spiro atoms. The molecule has 0 radical (unpaired) electrons. The summed E-state index contributed by atoms with van der Waals surface area (Å²) in [6.07, 6.45) is 0.980. The average Bonchev–Trinajstić information content (AvgIpc) is 2.36. The van der Waals surface area contributed by atoms with Crippen LogP contribution in [0.5, 0.6) is 0 Å². The predicted molar refractivity (Wildman–Crippen MR) is 78.6 cm³/mol. The van der Waals surface area contributed by atoms with Crippen molar-refractivity contribution in [2.24, 2.45) is 0 Å². The van der Waals surface area contributed by atoms with Crippen LogP contribution >= 0.6 is 0 Å². The van der Waals surface area contributed by atoms with Gasteiger partial charge in [-0.3, -0.25) is 9.69 Å². The molecule has 0 aliphatic carbocycles. The molecular formula is C16H25NO2. The van der Waals surface area contributed by atoms with Gasteiger partial charge in [-0.25, -0.2) is 0 Å².